The van der Waals surface area contributed by atoms with E-state index < -0.39 is 0 Å². The Kier molecular flexibility index (Phi) is 4.02. The molecule has 1 heterocycles. The lowest BCUT2D eigenvalue weighted by molar-refractivity contribution is -0.143. The molecule has 1 atom stereocenters. The van der Waals surface area contributed by atoms with Gasteiger partial charge in [-0.05, 0) is 37.3 Å². The fourth-order valence-electron chi connectivity index (χ4n) is 2.24. The van der Waals surface area contributed by atoms with Crippen molar-refractivity contribution in [1.29, 1.82) is 0 Å². The maximum Gasteiger partial charge on any atom is 0.305 e. The molecule has 0 saturated carbocycles. The molecule has 1 unspecified atom stereocenters. The monoisotopic (exact) mass is 234 g/mol. The summed E-state index contributed by atoms with van der Waals surface area (Å²) in [5, 5.41) is 0. The van der Waals surface area contributed by atoms with Gasteiger partial charge in [-0.3, -0.25) is 4.79 Å². The fourth-order valence-corrected chi connectivity index (χ4v) is 2.24. The first-order valence-corrected chi connectivity index (χ1v) is 6.18. The van der Waals surface area contributed by atoms with Crippen LogP contribution < -0.4 is 4.74 Å². The van der Waals surface area contributed by atoms with Crippen LogP contribution in [-0.2, 0) is 9.53 Å². The van der Waals surface area contributed by atoms with Crippen LogP contribution in [0.1, 0.15) is 37.7 Å². The van der Waals surface area contributed by atoms with Gasteiger partial charge >= 0.3 is 5.97 Å². The number of benzene rings is 1. The Morgan fingerprint density at radius 1 is 1.47 bits per heavy atom. The Morgan fingerprint density at radius 3 is 3.12 bits per heavy atom. The maximum atomic E-state index is 11.3. The number of ether oxygens (including phenoxy) is 2. The van der Waals surface area contributed by atoms with Gasteiger partial charge in [-0.15, -0.1) is 0 Å². The highest BCUT2D eigenvalue weighted by atomic mass is 16.5. The summed E-state index contributed by atoms with van der Waals surface area (Å²) < 4.78 is 10.5. The molecule has 0 amide bonds. The predicted molar refractivity (Wildman–Crippen MR) is 65.2 cm³/mol. The topological polar surface area (TPSA) is 35.5 Å². The van der Waals surface area contributed by atoms with Crippen molar-refractivity contribution in [3.63, 3.8) is 0 Å². The summed E-state index contributed by atoms with van der Waals surface area (Å²) in [4.78, 5) is 11.3. The zero-order valence-corrected chi connectivity index (χ0v) is 10.1. The Morgan fingerprint density at radius 2 is 2.29 bits per heavy atom. The van der Waals surface area contributed by atoms with E-state index in [1.807, 2.05) is 25.1 Å². The van der Waals surface area contributed by atoms with Crippen LogP contribution in [0.2, 0.25) is 0 Å². The first-order chi connectivity index (χ1) is 8.31. The number of hydrogen-bond donors (Lipinski definition) is 0. The first-order valence-electron chi connectivity index (χ1n) is 6.18. The van der Waals surface area contributed by atoms with Gasteiger partial charge in [0.2, 0.25) is 0 Å². The van der Waals surface area contributed by atoms with Gasteiger partial charge in [-0.1, -0.05) is 18.2 Å². The number of hydrogen-bond acceptors (Lipinski definition) is 3. The lowest BCUT2D eigenvalue weighted by Crippen LogP contribution is -2.15. The van der Waals surface area contributed by atoms with Crippen LogP contribution in [0.3, 0.4) is 0 Å². The molecule has 1 aromatic carbocycles. The molecule has 92 valence electrons. The van der Waals surface area contributed by atoms with E-state index in [-0.39, 0.29) is 5.97 Å². The summed E-state index contributed by atoms with van der Waals surface area (Å²) in [5.41, 5.74) is 1.23. The Hall–Kier alpha value is -1.51. The molecule has 0 bridgehead atoms. The lowest BCUT2D eigenvalue weighted by atomic mass is 9.89. The molecule has 1 aliphatic heterocycles. The van der Waals surface area contributed by atoms with Gasteiger partial charge in [0.1, 0.15) is 5.75 Å². The maximum absolute atomic E-state index is 11.3. The fraction of sp³-hybridized carbons (Fsp3) is 0.500. The van der Waals surface area contributed by atoms with E-state index in [4.69, 9.17) is 9.47 Å². The molecule has 0 saturated heterocycles. The van der Waals surface area contributed by atoms with Gasteiger partial charge in [0, 0.05) is 6.42 Å². The normalized spacial score (nSPS) is 18.1. The smallest absolute Gasteiger partial charge is 0.305 e. The zero-order valence-electron chi connectivity index (χ0n) is 10.1. The highest BCUT2D eigenvalue weighted by Crippen LogP contribution is 2.36. The lowest BCUT2D eigenvalue weighted by Gasteiger charge is -2.25. The van der Waals surface area contributed by atoms with Gasteiger partial charge in [0.15, 0.2) is 0 Å². The van der Waals surface area contributed by atoms with E-state index >= 15 is 0 Å². The van der Waals surface area contributed by atoms with Crippen molar-refractivity contribution in [2.45, 2.75) is 32.1 Å². The molecule has 1 aromatic rings. The summed E-state index contributed by atoms with van der Waals surface area (Å²) in [6.07, 6.45) is 2.32. The average Bonchev–Trinajstić information content (AvgIpc) is 2.36. The Labute approximate surface area is 102 Å². The van der Waals surface area contributed by atoms with Gasteiger partial charge in [0.05, 0.1) is 13.2 Å². The summed E-state index contributed by atoms with van der Waals surface area (Å²) >= 11 is 0. The summed E-state index contributed by atoms with van der Waals surface area (Å²) in [6.45, 7) is 3.04. The molecule has 0 aliphatic carbocycles. The highest BCUT2D eigenvalue weighted by molar-refractivity contribution is 5.69. The molecule has 2 rings (SSSR count). The minimum Gasteiger partial charge on any atom is -0.493 e. The second-order valence-corrected chi connectivity index (χ2v) is 4.22. The highest BCUT2D eigenvalue weighted by Gasteiger charge is 2.21. The van der Waals surface area contributed by atoms with E-state index in [0.717, 1.165) is 25.2 Å². The molecular weight excluding hydrogens is 216 g/mol. The number of fused-ring (bicyclic) bond motifs is 1. The number of carbonyl (C=O) groups is 1. The second kappa shape index (κ2) is 5.71. The van der Waals surface area contributed by atoms with Crippen LogP contribution in [0.5, 0.6) is 5.75 Å². The largest absolute Gasteiger partial charge is 0.493 e. The standard InChI is InChI=1S/C14H18O3/c1-2-16-14(15)8-7-11-9-10-17-13-6-4-3-5-12(11)13/h3-6,11H,2,7-10H2,1H3. The van der Waals surface area contributed by atoms with Crippen molar-refractivity contribution in [3.8, 4) is 5.75 Å². The van der Waals surface area contributed by atoms with E-state index in [0.29, 0.717) is 18.9 Å². The molecule has 17 heavy (non-hydrogen) atoms. The van der Waals surface area contributed by atoms with Crippen molar-refractivity contribution in [3.05, 3.63) is 29.8 Å². The molecule has 0 N–H and O–H groups in total. The molecule has 0 fully saturated rings. The van der Waals surface area contributed by atoms with E-state index in [1.165, 1.54) is 5.56 Å². The third kappa shape index (κ3) is 2.99. The van der Waals surface area contributed by atoms with E-state index in [9.17, 15) is 4.79 Å². The first kappa shape index (κ1) is 12.0. The van der Waals surface area contributed by atoms with Crippen LogP contribution in [0.15, 0.2) is 24.3 Å². The molecule has 1 aliphatic rings. The summed E-state index contributed by atoms with van der Waals surface area (Å²) in [7, 11) is 0. The molecule has 0 radical (unpaired) electrons. The van der Waals surface area contributed by atoms with Crippen molar-refractivity contribution in [1.82, 2.24) is 0 Å². The number of para-hydroxylation sites is 1. The third-order valence-corrected chi connectivity index (χ3v) is 3.08. The van der Waals surface area contributed by atoms with Crippen LogP contribution in [-0.4, -0.2) is 19.2 Å². The molecular formula is C14H18O3. The zero-order chi connectivity index (χ0) is 12.1. The van der Waals surface area contributed by atoms with Gasteiger partial charge in [-0.2, -0.15) is 0 Å². The quantitative estimate of drug-likeness (QED) is 0.751. The molecule has 0 aromatic heterocycles. The van der Waals surface area contributed by atoms with Gasteiger partial charge in [0.25, 0.3) is 0 Å². The minimum absolute atomic E-state index is 0.100. The predicted octanol–water partition coefficient (Wildman–Crippen LogP) is 2.90. The van der Waals surface area contributed by atoms with Crippen molar-refractivity contribution in [2.75, 3.05) is 13.2 Å². The molecule has 3 nitrogen and oxygen atoms in total. The van der Waals surface area contributed by atoms with Crippen molar-refractivity contribution >= 4 is 5.97 Å². The SMILES string of the molecule is CCOC(=O)CCC1CCOc2ccccc21. The van der Waals surface area contributed by atoms with Crippen LogP contribution >= 0.6 is 0 Å². The van der Waals surface area contributed by atoms with E-state index in [2.05, 4.69) is 6.07 Å². The second-order valence-electron chi connectivity index (χ2n) is 4.22. The van der Waals surface area contributed by atoms with Gasteiger partial charge in [-0.25, -0.2) is 0 Å². The van der Waals surface area contributed by atoms with Crippen LogP contribution in [0, 0.1) is 0 Å². The number of rotatable bonds is 4. The van der Waals surface area contributed by atoms with Crippen molar-refractivity contribution < 1.29 is 14.3 Å². The van der Waals surface area contributed by atoms with Crippen molar-refractivity contribution in [2.24, 2.45) is 0 Å². The van der Waals surface area contributed by atoms with E-state index in [1.54, 1.807) is 0 Å². The minimum atomic E-state index is -0.100. The third-order valence-electron chi connectivity index (χ3n) is 3.08. The van der Waals surface area contributed by atoms with Gasteiger partial charge < -0.3 is 9.47 Å². The molecule has 0 spiro atoms. The Bertz CT molecular complexity index is 387. The Balaban J connectivity index is 1.97. The number of esters is 1. The molecule has 3 heteroatoms. The summed E-state index contributed by atoms with van der Waals surface area (Å²) in [5.74, 6) is 1.29. The summed E-state index contributed by atoms with van der Waals surface area (Å²) in [6, 6.07) is 8.08. The number of carbonyl (C=O) groups excluding carboxylic acids is 1. The van der Waals surface area contributed by atoms with Crippen LogP contribution in [0.4, 0.5) is 0 Å². The van der Waals surface area contributed by atoms with Crippen LogP contribution in [0.25, 0.3) is 0 Å². The average molecular weight is 234 g/mol.